The average molecular weight is 395 g/mol. The second kappa shape index (κ2) is 8.56. The Balaban J connectivity index is 1.61. The Bertz CT molecular complexity index is 750. The average Bonchev–Trinajstić information content (AvgIpc) is 2.88. The highest BCUT2D eigenvalue weighted by Gasteiger charge is 2.18. The lowest BCUT2D eigenvalue weighted by atomic mass is 10.2. The maximum atomic E-state index is 11.5. The lowest BCUT2D eigenvalue weighted by Gasteiger charge is -2.21. The molecule has 1 amide bonds. The molecule has 138 valence electrons. The van der Waals surface area contributed by atoms with E-state index in [1.54, 1.807) is 37.5 Å². The number of ether oxygens (including phenoxy) is 1. The number of halogens is 2. The smallest absolute Gasteiger partial charge is 0.225 e. The third-order valence-corrected chi connectivity index (χ3v) is 4.99. The van der Waals surface area contributed by atoms with Gasteiger partial charge in [0.2, 0.25) is 11.9 Å². The number of nitrogens with zero attached hydrogens (tertiary/aromatic N) is 4. The lowest BCUT2D eigenvalue weighted by molar-refractivity contribution is -0.128. The largest absolute Gasteiger partial charge is 0.486 e. The van der Waals surface area contributed by atoms with Crippen molar-refractivity contribution in [2.45, 2.75) is 20.0 Å². The summed E-state index contributed by atoms with van der Waals surface area (Å²) in [7, 11) is 0. The van der Waals surface area contributed by atoms with Crippen LogP contribution in [0.25, 0.3) is 0 Å². The summed E-state index contributed by atoms with van der Waals surface area (Å²) in [5.74, 6) is 1.29. The standard InChI is InChI=1S/C18H20Cl2N4O2/c1-13(25)23-6-3-7-24(9-8-23)18-21-10-14(11-22-18)26-12-15-16(19)4-2-5-17(15)20/h2,4-5,10-11H,3,6-9,12H2,1H3. The number of hydrogen-bond acceptors (Lipinski definition) is 5. The van der Waals surface area contributed by atoms with Crippen molar-refractivity contribution in [3.05, 3.63) is 46.2 Å². The predicted octanol–water partition coefficient (Wildman–Crippen LogP) is 3.42. The third-order valence-electron chi connectivity index (χ3n) is 4.28. The van der Waals surface area contributed by atoms with Gasteiger partial charge in [0.25, 0.3) is 0 Å². The molecular weight excluding hydrogens is 375 g/mol. The van der Waals surface area contributed by atoms with Gasteiger partial charge in [-0.05, 0) is 18.6 Å². The summed E-state index contributed by atoms with van der Waals surface area (Å²) in [5, 5.41) is 1.13. The van der Waals surface area contributed by atoms with Gasteiger partial charge in [-0.25, -0.2) is 9.97 Å². The van der Waals surface area contributed by atoms with E-state index in [-0.39, 0.29) is 12.5 Å². The van der Waals surface area contributed by atoms with Gasteiger partial charge >= 0.3 is 0 Å². The van der Waals surface area contributed by atoms with Crippen LogP contribution >= 0.6 is 23.2 Å². The molecule has 0 radical (unpaired) electrons. The molecule has 6 nitrogen and oxygen atoms in total. The van der Waals surface area contributed by atoms with Crippen molar-refractivity contribution in [3.8, 4) is 5.75 Å². The van der Waals surface area contributed by atoms with E-state index in [1.807, 2.05) is 4.90 Å². The van der Waals surface area contributed by atoms with Crippen molar-refractivity contribution in [3.63, 3.8) is 0 Å². The summed E-state index contributed by atoms with van der Waals surface area (Å²) < 4.78 is 5.70. The SMILES string of the molecule is CC(=O)N1CCCN(c2ncc(OCc3c(Cl)cccc3Cl)cn2)CC1. The molecule has 3 rings (SSSR count). The van der Waals surface area contributed by atoms with Gasteiger partial charge in [-0.1, -0.05) is 29.3 Å². The molecule has 0 N–H and O–H groups in total. The summed E-state index contributed by atoms with van der Waals surface area (Å²) >= 11 is 12.3. The van der Waals surface area contributed by atoms with Crippen molar-refractivity contribution in [2.75, 3.05) is 31.1 Å². The molecule has 2 aromatic rings. The number of hydrogen-bond donors (Lipinski definition) is 0. The zero-order valence-corrected chi connectivity index (χ0v) is 16.0. The molecule has 1 fully saturated rings. The van der Waals surface area contributed by atoms with Gasteiger partial charge in [-0.2, -0.15) is 0 Å². The first-order chi connectivity index (χ1) is 12.5. The molecule has 1 aliphatic heterocycles. The highest BCUT2D eigenvalue weighted by molar-refractivity contribution is 6.35. The fourth-order valence-corrected chi connectivity index (χ4v) is 3.31. The van der Waals surface area contributed by atoms with Crippen molar-refractivity contribution < 1.29 is 9.53 Å². The number of aromatic nitrogens is 2. The molecule has 1 aromatic heterocycles. The van der Waals surface area contributed by atoms with E-state index in [0.29, 0.717) is 28.3 Å². The van der Waals surface area contributed by atoms with E-state index in [2.05, 4.69) is 14.9 Å². The van der Waals surface area contributed by atoms with Gasteiger partial charge in [0.15, 0.2) is 5.75 Å². The molecule has 26 heavy (non-hydrogen) atoms. The summed E-state index contributed by atoms with van der Waals surface area (Å²) in [6.45, 7) is 4.84. The highest BCUT2D eigenvalue weighted by Crippen LogP contribution is 2.25. The number of carbonyl (C=O) groups excluding carboxylic acids is 1. The van der Waals surface area contributed by atoms with E-state index >= 15 is 0 Å². The second-order valence-corrected chi connectivity index (χ2v) is 6.87. The summed E-state index contributed by atoms with van der Waals surface area (Å²) in [6, 6.07) is 5.34. The number of carbonyl (C=O) groups is 1. The van der Waals surface area contributed by atoms with E-state index in [9.17, 15) is 4.79 Å². The molecule has 0 spiro atoms. The minimum Gasteiger partial charge on any atom is -0.486 e. The third kappa shape index (κ3) is 4.56. The fraction of sp³-hybridized carbons (Fsp3) is 0.389. The second-order valence-electron chi connectivity index (χ2n) is 6.05. The Kier molecular flexibility index (Phi) is 6.16. The molecule has 0 atom stereocenters. The number of rotatable bonds is 4. The van der Waals surface area contributed by atoms with Crippen LogP contribution in [0, 0.1) is 0 Å². The number of benzene rings is 1. The van der Waals surface area contributed by atoms with Gasteiger partial charge in [0, 0.05) is 48.7 Å². The molecule has 8 heteroatoms. The van der Waals surface area contributed by atoms with Gasteiger partial charge in [0.1, 0.15) is 6.61 Å². The Morgan fingerprint density at radius 3 is 2.46 bits per heavy atom. The van der Waals surface area contributed by atoms with Crippen LogP contribution in [0.2, 0.25) is 10.0 Å². The zero-order chi connectivity index (χ0) is 18.5. The minimum absolute atomic E-state index is 0.106. The van der Waals surface area contributed by atoms with Crippen LogP contribution in [0.5, 0.6) is 5.75 Å². The van der Waals surface area contributed by atoms with E-state index < -0.39 is 0 Å². The first-order valence-corrected chi connectivity index (χ1v) is 9.18. The van der Waals surface area contributed by atoms with Crippen LogP contribution in [0.3, 0.4) is 0 Å². The maximum Gasteiger partial charge on any atom is 0.225 e. The normalized spacial score (nSPS) is 14.9. The number of amides is 1. The minimum atomic E-state index is 0.106. The van der Waals surface area contributed by atoms with Crippen LogP contribution in [-0.4, -0.2) is 47.0 Å². The summed E-state index contributed by atoms with van der Waals surface area (Å²) in [5.41, 5.74) is 0.733. The molecule has 1 saturated heterocycles. The Labute approximate surface area is 162 Å². The number of anilines is 1. The first-order valence-electron chi connectivity index (χ1n) is 8.43. The van der Waals surface area contributed by atoms with Crippen molar-refractivity contribution in [2.24, 2.45) is 0 Å². The fourth-order valence-electron chi connectivity index (χ4n) is 2.81. The predicted molar refractivity (Wildman–Crippen MR) is 102 cm³/mol. The molecule has 1 aromatic carbocycles. The molecule has 2 heterocycles. The highest BCUT2D eigenvalue weighted by atomic mass is 35.5. The van der Waals surface area contributed by atoms with Gasteiger partial charge in [-0.15, -0.1) is 0 Å². The van der Waals surface area contributed by atoms with Gasteiger partial charge in [-0.3, -0.25) is 4.79 Å². The van der Waals surface area contributed by atoms with Crippen LogP contribution in [0.1, 0.15) is 18.9 Å². The van der Waals surface area contributed by atoms with Gasteiger partial charge in [0.05, 0.1) is 12.4 Å². The molecule has 0 saturated carbocycles. The Morgan fingerprint density at radius 2 is 1.81 bits per heavy atom. The summed E-state index contributed by atoms with van der Waals surface area (Å²) in [4.78, 5) is 24.2. The molecule has 1 aliphatic rings. The van der Waals surface area contributed by atoms with Gasteiger partial charge < -0.3 is 14.5 Å². The Hall–Kier alpha value is -2.05. The van der Waals surface area contributed by atoms with Crippen molar-refractivity contribution >= 4 is 35.1 Å². The van der Waals surface area contributed by atoms with Crippen LogP contribution in [0.4, 0.5) is 5.95 Å². The molecule has 0 unspecified atom stereocenters. The van der Waals surface area contributed by atoms with E-state index in [4.69, 9.17) is 27.9 Å². The van der Waals surface area contributed by atoms with E-state index in [0.717, 1.165) is 31.6 Å². The van der Waals surface area contributed by atoms with E-state index in [1.165, 1.54) is 0 Å². The van der Waals surface area contributed by atoms with Crippen molar-refractivity contribution in [1.29, 1.82) is 0 Å². The van der Waals surface area contributed by atoms with Crippen LogP contribution in [-0.2, 0) is 11.4 Å². The quantitative estimate of drug-likeness (QED) is 0.794. The van der Waals surface area contributed by atoms with Crippen LogP contribution in [0.15, 0.2) is 30.6 Å². The molecular formula is C18H20Cl2N4O2. The molecule has 0 aliphatic carbocycles. The van der Waals surface area contributed by atoms with Crippen molar-refractivity contribution in [1.82, 2.24) is 14.9 Å². The Morgan fingerprint density at radius 1 is 1.12 bits per heavy atom. The maximum absolute atomic E-state index is 11.5. The zero-order valence-electron chi connectivity index (χ0n) is 14.5. The monoisotopic (exact) mass is 394 g/mol. The lowest BCUT2D eigenvalue weighted by Crippen LogP contribution is -2.34. The first kappa shape index (κ1) is 18.7. The molecule has 0 bridgehead atoms. The van der Waals surface area contributed by atoms with Crippen LogP contribution < -0.4 is 9.64 Å². The topological polar surface area (TPSA) is 58.6 Å². The summed E-state index contributed by atoms with van der Waals surface area (Å²) in [6.07, 6.45) is 4.17.